The topological polar surface area (TPSA) is 100.0 Å². The van der Waals surface area contributed by atoms with Crippen LogP contribution in [-0.2, 0) is 16.1 Å². The van der Waals surface area contributed by atoms with E-state index in [0.29, 0.717) is 16.9 Å². The zero-order chi connectivity index (χ0) is 22.0. The molecule has 7 heteroatoms. The molecular weight excluding hydrogens is 396 g/mol. The van der Waals surface area contributed by atoms with Crippen LogP contribution in [0.25, 0.3) is 5.76 Å². The van der Waals surface area contributed by atoms with Gasteiger partial charge < -0.3 is 19.8 Å². The number of Topliss-reactive ketones (excluding diaryl/α,β-unsaturated/α-hetero) is 1. The van der Waals surface area contributed by atoms with Crippen LogP contribution in [0.2, 0.25) is 0 Å². The molecule has 7 nitrogen and oxygen atoms in total. The van der Waals surface area contributed by atoms with Crippen molar-refractivity contribution >= 4 is 17.4 Å². The van der Waals surface area contributed by atoms with Gasteiger partial charge in [-0.1, -0.05) is 30.3 Å². The van der Waals surface area contributed by atoms with E-state index in [1.807, 2.05) is 0 Å². The predicted octanol–water partition coefficient (Wildman–Crippen LogP) is 3.42. The average Bonchev–Trinajstić information content (AvgIpc) is 3.04. The lowest BCUT2D eigenvalue weighted by Gasteiger charge is -2.25. The molecule has 0 radical (unpaired) electrons. The highest BCUT2D eigenvalue weighted by Crippen LogP contribution is 2.42. The van der Waals surface area contributed by atoms with Gasteiger partial charge in [0.05, 0.1) is 24.3 Å². The molecule has 0 bridgehead atoms. The number of amides is 1. The minimum atomic E-state index is -0.891. The molecular formula is C24H20N2O5. The second-order valence-electron chi connectivity index (χ2n) is 7.08. The number of aliphatic hydroxyl groups excluding tert-OH is 1. The number of phenolic OH excluding ortho intramolecular Hbond substituents is 1. The molecule has 2 aromatic carbocycles. The lowest BCUT2D eigenvalue weighted by atomic mass is 9.94. The summed E-state index contributed by atoms with van der Waals surface area (Å²) >= 11 is 0. The van der Waals surface area contributed by atoms with Crippen LogP contribution in [0.4, 0.5) is 0 Å². The van der Waals surface area contributed by atoms with Gasteiger partial charge in [-0.25, -0.2) is 0 Å². The van der Waals surface area contributed by atoms with E-state index in [-0.39, 0.29) is 23.6 Å². The Morgan fingerprint density at radius 3 is 2.61 bits per heavy atom. The highest BCUT2D eigenvalue weighted by Gasteiger charge is 2.46. The van der Waals surface area contributed by atoms with E-state index in [2.05, 4.69) is 4.98 Å². The molecule has 2 N–H and O–H groups in total. The SMILES string of the molecule is COc1ccccc1/C(O)=C1/C(=O)C(=O)N(Cc2cccnc2)C1c1cccc(O)c1. The molecule has 1 amide bonds. The Morgan fingerprint density at radius 2 is 1.90 bits per heavy atom. The summed E-state index contributed by atoms with van der Waals surface area (Å²) in [5.41, 5.74) is 1.46. The number of aromatic nitrogens is 1. The number of hydrogen-bond acceptors (Lipinski definition) is 6. The van der Waals surface area contributed by atoms with Crippen molar-refractivity contribution in [1.29, 1.82) is 0 Å². The summed E-state index contributed by atoms with van der Waals surface area (Å²) in [6.45, 7) is 0.113. The number of carbonyl (C=O) groups excluding carboxylic acids is 2. The Kier molecular flexibility index (Phi) is 5.41. The lowest BCUT2D eigenvalue weighted by Crippen LogP contribution is -2.29. The predicted molar refractivity (Wildman–Crippen MR) is 113 cm³/mol. The molecule has 3 aromatic rings. The fourth-order valence-corrected chi connectivity index (χ4v) is 3.76. The number of aromatic hydroxyl groups is 1. The van der Waals surface area contributed by atoms with Crippen LogP contribution in [0, 0.1) is 0 Å². The van der Waals surface area contributed by atoms with E-state index >= 15 is 0 Å². The zero-order valence-electron chi connectivity index (χ0n) is 16.7. The lowest BCUT2D eigenvalue weighted by molar-refractivity contribution is -0.140. The molecule has 4 rings (SSSR count). The van der Waals surface area contributed by atoms with Gasteiger partial charge in [-0.15, -0.1) is 0 Å². The summed E-state index contributed by atoms with van der Waals surface area (Å²) in [5.74, 6) is -1.53. The van der Waals surface area contributed by atoms with Gasteiger partial charge in [-0.3, -0.25) is 14.6 Å². The molecule has 1 aliphatic heterocycles. The minimum Gasteiger partial charge on any atom is -0.508 e. The van der Waals surface area contributed by atoms with Crippen LogP contribution < -0.4 is 4.74 Å². The number of ketones is 1. The van der Waals surface area contributed by atoms with Crippen LogP contribution in [-0.4, -0.2) is 38.9 Å². The molecule has 31 heavy (non-hydrogen) atoms. The quantitative estimate of drug-likeness (QED) is 0.376. The molecule has 0 aliphatic carbocycles. The first-order chi connectivity index (χ1) is 15.0. The summed E-state index contributed by atoms with van der Waals surface area (Å²) in [4.78, 5) is 31.5. The first-order valence-corrected chi connectivity index (χ1v) is 9.61. The van der Waals surface area contributed by atoms with Gasteiger partial charge in [-0.2, -0.15) is 0 Å². The smallest absolute Gasteiger partial charge is 0.295 e. The number of nitrogens with zero attached hydrogens (tertiary/aromatic N) is 2. The summed E-state index contributed by atoms with van der Waals surface area (Å²) < 4.78 is 5.32. The fraction of sp³-hybridized carbons (Fsp3) is 0.125. The van der Waals surface area contributed by atoms with Gasteiger partial charge in [-0.05, 0) is 41.5 Å². The molecule has 0 spiro atoms. The van der Waals surface area contributed by atoms with Gasteiger partial charge in [0, 0.05) is 18.9 Å². The van der Waals surface area contributed by atoms with Crippen molar-refractivity contribution in [3.05, 3.63) is 95.3 Å². The Hall–Kier alpha value is -4.13. The molecule has 156 valence electrons. The number of phenols is 1. The second-order valence-corrected chi connectivity index (χ2v) is 7.08. The number of aliphatic hydroxyl groups is 1. The van der Waals surface area contributed by atoms with Crippen LogP contribution in [0.1, 0.15) is 22.7 Å². The zero-order valence-corrected chi connectivity index (χ0v) is 16.7. The largest absolute Gasteiger partial charge is 0.508 e. The number of likely N-dealkylation sites (tertiary alicyclic amines) is 1. The van der Waals surface area contributed by atoms with Crippen LogP contribution in [0.5, 0.6) is 11.5 Å². The van der Waals surface area contributed by atoms with E-state index in [9.17, 15) is 19.8 Å². The highest BCUT2D eigenvalue weighted by molar-refractivity contribution is 6.46. The highest BCUT2D eigenvalue weighted by atomic mass is 16.5. The maximum absolute atomic E-state index is 13.1. The average molecular weight is 416 g/mol. The standard InChI is InChI=1S/C24H20N2O5/c1-31-19-10-3-2-9-18(19)22(28)20-21(16-7-4-8-17(27)12-16)26(24(30)23(20)29)14-15-6-5-11-25-13-15/h2-13,21,27-28H,14H2,1H3/b22-20-. The molecule has 1 unspecified atom stereocenters. The van der Waals surface area contributed by atoms with Gasteiger partial charge in [0.1, 0.15) is 17.3 Å². The van der Waals surface area contributed by atoms with Crippen molar-refractivity contribution in [2.24, 2.45) is 0 Å². The van der Waals surface area contributed by atoms with E-state index in [0.717, 1.165) is 5.56 Å². The second kappa shape index (κ2) is 8.31. The van der Waals surface area contributed by atoms with E-state index in [1.54, 1.807) is 60.9 Å². The molecule has 1 atom stereocenters. The fourth-order valence-electron chi connectivity index (χ4n) is 3.76. The van der Waals surface area contributed by atoms with Gasteiger partial charge in [0.25, 0.3) is 11.7 Å². The molecule has 1 aromatic heterocycles. The van der Waals surface area contributed by atoms with Gasteiger partial charge in [0.15, 0.2) is 0 Å². The summed E-state index contributed by atoms with van der Waals surface area (Å²) in [5, 5.41) is 21.1. The van der Waals surface area contributed by atoms with Crippen molar-refractivity contribution in [2.45, 2.75) is 12.6 Å². The maximum Gasteiger partial charge on any atom is 0.295 e. The van der Waals surface area contributed by atoms with Crippen LogP contribution in [0.15, 0.2) is 78.6 Å². The number of carbonyl (C=O) groups is 2. The molecule has 1 saturated heterocycles. The van der Waals surface area contributed by atoms with Crippen molar-refractivity contribution < 1.29 is 24.5 Å². The van der Waals surface area contributed by atoms with Crippen molar-refractivity contribution in [3.8, 4) is 11.5 Å². The third kappa shape index (κ3) is 3.73. The number of methoxy groups -OCH3 is 1. The van der Waals surface area contributed by atoms with Crippen LogP contribution in [0.3, 0.4) is 0 Å². The normalized spacial score (nSPS) is 17.7. The Balaban J connectivity index is 1.90. The Morgan fingerprint density at radius 1 is 1.10 bits per heavy atom. The number of para-hydroxylation sites is 1. The van der Waals surface area contributed by atoms with Crippen molar-refractivity contribution in [3.63, 3.8) is 0 Å². The molecule has 0 saturated carbocycles. The Labute approximate surface area is 178 Å². The number of ether oxygens (including phenoxy) is 1. The van der Waals surface area contributed by atoms with E-state index < -0.39 is 17.7 Å². The number of benzene rings is 2. The van der Waals surface area contributed by atoms with Gasteiger partial charge in [0.2, 0.25) is 0 Å². The molecule has 1 fully saturated rings. The summed E-state index contributed by atoms with van der Waals surface area (Å²) in [7, 11) is 1.46. The van der Waals surface area contributed by atoms with Gasteiger partial charge >= 0.3 is 0 Å². The molecule has 2 heterocycles. The summed E-state index contributed by atoms with van der Waals surface area (Å²) in [6, 6.07) is 15.6. The minimum absolute atomic E-state index is 0.0123. The number of pyridine rings is 1. The van der Waals surface area contributed by atoms with Crippen molar-refractivity contribution in [1.82, 2.24) is 9.88 Å². The first kappa shape index (κ1) is 20.2. The van der Waals surface area contributed by atoms with E-state index in [1.165, 1.54) is 24.1 Å². The number of rotatable bonds is 5. The van der Waals surface area contributed by atoms with Crippen LogP contribution >= 0.6 is 0 Å². The van der Waals surface area contributed by atoms with E-state index in [4.69, 9.17) is 4.74 Å². The first-order valence-electron chi connectivity index (χ1n) is 9.61. The maximum atomic E-state index is 13.1. The number of hydrogen-bond donors (Lipinski definition) is 2. The summed E-state index contributed by atoms with van der Waals surface area (Å²) in [6.07, 6.45) is 3.23. The third-order valence-corrected chi connectivity index (χ3v) is 5.16. The Bertz CT molecular complexity index is 1170. The van der Waals surface area contributed by atoms with Crippen molar-refractivity contribution in [2.75, 3.05) is 7.11 Å². The molecule has 1 aliphatic rings. The monoisotopic (exact) mass is 416 g/mol. The third-order valence-electron chi connectivity index (χ3n) is 5.16.